The minimum Gasteiger partial charge on any atom is -0.326 e. The molecule has 0 bridgehead atoms. The summed E-state index contributed by atoms with van der Waals surface area (Å²) in [6.45, 7) is 5.62. The number of hydrazone groups is 1. The molecular weight excluding hydrogens is 304 g/mol. The van der Waals surface area contributed by atoms with Crippen LogP contribution >= 0.6 is 0 Å². The fraction of sp³-hybridized carbons (Fsp3) is 0.222. The Morgan fingerprint density at radius 2 is 1.96 bits per heavy atom. The van der Waals surface area contributed by atoms with Crippen LogP contribution in [0.3, 0.4) is 0 Å². The summed E-state index contributed by atoms with van der Waals surface area (Å²) in [6, 6.07) is 10.9. The number of hydrogen-bond acceptors (Lipinski definition) is 4. The highest BCUT2D eigenvalue weighted by molar-refractivity contribution is 6.06. The van der Waals surface area contributed by atoms with E-state index in [2.05, 4.69) is 20.8 Å². The first kappa shape index (κ1) is 17.3. The molecule has 24 heavy (non-hydrogen) atoms. The van der Waals surface area contributed by atoms with Gasteiger partial charge in [0, 0.05) is 17.6 Å². The van der Waals surface area contributed by atoms with Crippen LogP contribution in [-0.2, 0) is 4.79 Å². The molecule has 0 aliphatic rings. The molecule has 6 nitrogen and oxygen atoms in total. The molecule has 0 saturated carbocycles. The number of pyridine rings is 1. The molecule has 0 unspecified atom stereocenters. The van der Waals surface area contributed by atoms with E-state index in [1.807, 2.05) is 32.0 Å². The van der Waals surface area contributed by atoms with Gasteiger partial charge >= 0.3 is 0 Å². The van der Waals surface area contributed by atoms with E-state index in [9.17, 15) is 9.59 Å². The van der Waals surface area contributed by atoms with E-state index >= 15 is 0 Å². The highest BCUT2D eigenvalue weighted by atomic mass is 16.2. The first-order chi connectivity index (χ1) is 11.5. The number of aromatic nitrogens is 1. The van der Waals surface area contributed by atoms with Crippen molar-refractivity contribution in [1.29, 1.82) is 0 Å². The molecule has 2 aromatic rings. The van der Waals surface area contributed by atoms with Gasteiger partial charge in [0.05, 0.1) is 6.42 Å². The third kappa shape index (κ3) is 5.01. The summed E-state index contributed by atoms with van der Waals surface area (Å²) in [5, 5.41) is 6.78. The van der Waals surface area contributed by atoms with Crippen LogP contribution in [0.2, 0.25) is 0 Å². The van der Waals surface area contributed by atoms with Crippen molar-refractivity contribution in [3.63, 3.8) is 0 Å². The third-order valence-electron chi connectivity index (χ3n) is 3.32. The van der Waals surface area contributed by atoms with Crippen molar-refractivity contribution in [2.75, 3.05) is 5.32 Å². The van der Waals surface area contributed by atoms with Gasteiger partial charge in [0.25, 0.3) is 5.91 Å². The van der Waals surface area contributed by atoms with Gasteiger partial charge in [0.2, 0.25) is 5.91 Å². The lowest BCUT2D eigenvalue weighted by Crippen LogP contribution is -2.22. The second-order valence-electron chi connectivity index (χ2n) is 5.55. The van der Waals surface area contributed by atoms with E-state index in [1.165, 1.54) is 6.20 Å². The van der Waals surface area contributed by atoms with Gasteiger partial charge in [-0.25, -0.2) is 5.43 Å². The number of hydrogen-bond donors (Lipinski definition) is 2. The van der Waals surface area contributed by atoms with E-state index in [0.717, 1.165) is 16.8 Å². The van der Waals surface area contributed by atoms with Gasteiger partial charge in [-0.2, -0.15) is 5.10 Å². The van der Waals surface area contributed by atoms with Crippen LogP contribution in [0, 0.1) is 13.8 Å². The normalized spacial score (nSPS) is 11.0. The van der Waals surface area contributed by atoms with Crippen LogP contribution < -0.4 is 10.7 Å². The Labute approximate surface area is 141 Å². The number of amides is 2. The van der Waals surface area contributed by atoms with Crippen LogP contribution in [0.5, 0.6) is 0 Å². The summed E-state index contributed by atoms with van der Waals surface area (Å²) in [7, 11) is 0. The predicted octanol–water partition coefficient (Wildman–Crippen LogP) is 2.83. The second-order valence-corrected chi connectivity index (χ2v) is 5.55. The van der Waals surface area contributed by atoms with Gasteiger partial charge in [-0.1, -0.05) is 23.8 Å². The molecule has 0 aliphatic carbocycles. The number of nitrogens with zero attached hydrogens (tertiary/aromatic N) is 2. The summed E-state index contributed by atoms with van der Waals surface area (Å²) < 4.78 is 0. The largest absolute Gasteiger partial charge is 0.326 e. The molecule has 2 rings (SSSR count). The van der Waals surface area contributed by atoms with Crippen LogP contribution in [-0.4, -0.2) is 22.5 Å². The topological polar surface area (TPSA) is 83.5 Å². The van der Waals surface area contributed by atoms with Crippen LogP contribution in [0.25, 0.3) is 0 Å². The summed E-state index contributed by atoms with van der Waals surface area (Å²) in [6.07, 6.45) is 1.62. The molecule has 0 spiro atoms. The van der Waals surface area contributed by atoms with Crippen molar-refractivity contribution in [1.82, 2.24) is 10.4 Å². The maximum Gasteiger partial charge on any atom is 0.289 e. The first-order valence-electron chi connectivity index (χ1n) is 7.57. The third-order valence-corrected chi connectivity index (χ3v) is 3.32. The highest BCUT2D eigenvalue weighted by Gasteiger charge is 2.08. The standard InChI is InChI=1S/C18H20N4O2/c1-12-7-8-15(13(2)10-12)20-17(23)11-14(3)21-22-18(24)16-6-4-5-9-19-16/h4-10H,11H2,1-3H3,(H,20,23)(H,22,24)/b21-14-. The SMILES string of the molecule is C/C(CC(=O)Nc1ccc(C)cc1C)=N/NC(=O)c1ccccn1. The number of carbonyl (C=O) groups is 2. The molecule has 1 aromatic heterocycles. The van der Waals surface area contributed by atoms with E-state index in [0.29, 0.717) is 5.71 Å². The summed E-state index contributed by atoms with van der Waals surface area (Å²) in [5.74, 6) is -0.597. The Morgan fingerprint density at radius 3 is 2.62 bits per heavy atom. The van der Waals surface area contributed by atoms with E-state index in [4.69, 9.17) is 0 Å². The molecule has 0 aliphatic heterocycles. The molecule has 0 saturated heterocycles. The van der Waals surface area contributed by atoms with Gasteiger partial charge < -0.3 is 5.32 Å². The number of aryl methyl sites for hydroxylation is 2. The fourth-order valence-corrected chi connectivity index (χ4v) is 2.12. The van der Waals surface area contributed by atoms with Gasteiger partial charge in [0.15, 0.2) is 0 Å². The van der Waals surface area contributed by atoms with E-state index in [-0.39, 0.29) is 18.0 Å². The van der Waals surface area contributed by atoms with Crippen LogP contribution in [0.15, 0.2) is 47.7 Å². The van der Waals surface area contributed by atoms with Crippen LogP contribution in [0.4, 0.5) is 5.69 Å². The molecule has 0 radical (unpaired) electrons. The van der Waals surface area contributed by atoms with Crippen LogP contribution in [0.1, 0.15) is 35.0 Å². The molecule has 1 heterocycles. The Balaban J connectivity index is 1.90. The lowest BCUT2D eigenvalue weighted by Gasteiger charge is -2.09. The van der Waals surface area contributed by atoms with Crippen molar-refractivity contribution in [2.45, 2.75) is 27.2 Å². The number of rotatable bonds is 5. The summed E-state index contributed by atoms with van der Waals surface area (Å²) in [5.41, 5.74) is 6.08. The number of nitrogens with one attached hydrogen (secondary N) is 2. The average molecular weight is 324 g/mol. The van der Waals surface area contributed by atoms with Gasteiger partial charge in [-0.15, -0.1) is 0 Å². The monoisotopic (exact) mass is 324 g/mol. The Morgan fingerprint density at radius 1 is 1.17 bits per heavy atom. The maximum absolute atomic E-state index is 12.1. The van der Waals surface area contributed by atoms with Gasteiger partial charge in [-0.05, 0) is 44.5 Å². The van der Waals surface area contributed by atoms with Gasteiger partial charge in [0.1, 0.15) is 5.69 Å². The van der Waals surface area contributed by atoms with Crippen molar-refractivity contribution in [2.24, 2.45) is 5.10 Å². The Hall–Kier alpha value is -3.02. The number of carbonyl (C=O) groups excluding carboxylic acids is 2. The Kier molecular flexibility index (Phi) is 5.78. The fourth-order valence-electron chi connectivity index (χ4n) is 2.12. The zero-order valence-corrected chi connectivity index (χ0v) is 14.0. The molecule has 2 N–H and O–H groups in total. The van der Waals surface area contributed by atoms with E-state index < -0.39 is 5.91 Å². The summed E-state index contributed by atoms with van der Waals surface area (Å²) in [4.78, 5) is 27.8. The first-order valence-corrected chi connectivity index (χ1v) is 7.57. The number of anilines is 1. The van der Waals surface area contributed by atoms with Crippen molar-refractivity contribution in [3.05, 3.63) is 59.4 Å². The molecule has 1 aromatic carbocycles. The molecule has 6 heteroatoms. The molecule has 2 amide bonds. The smallest absolute Gasteiger partial charge is 0.289 e. The maximum atomic E-state index is 12.1. The van der Waals surface area contributed by atoms with E-state index in [1.54, 1.807) is 25.1 Å². The minimum absolute atomic E-state index is 0.0931. The molecular formula is C18H20N4O2. The quantitative estimate of drug-likeness (QED) is 0.655. The molecule has 0 fully saturated rings. The lowest BCUT2D eigenvalue weighted by molar-refractivity contribution is -0.115. The summed E-state index contributed by atoms with van der Waals surface area (Å²) >= 11 is 0. The second kappa shape index (κ2) is 8.01. The minimum atomic E-state index is -0.412. The molecule has 0 atom stereocenters. The van der Waals surface area contributed by atoms with Crippen molar-refractivity contribution >= 4 is 23.2 Å². The van der Waals surface area contributed by atoms with Crippen molar-refractivity contribution < 1.29 is 9.59 Å². The lowest BCUT2D eigenvalue weighted by atomic mass is 10.1. The predicted molar refractivity (Wildman–Crippen MR) is 94.0 cm³/mol. The average Bonchev–Trinajstić information content (AvgIpc) is 2.56. The molecule has 124 valence electrons. The number of benzene rings is 1. The van der Waals surface area contributed by atoms with Gasteiger partial charge in [-0.3, -0.25) is 14.6 Å². The zero-order valence-electron chi connectivity index (χ0n) is 14.0. The van der Waals surface area contributed by atoms with Crippen molar-refractivity contribution in [3.8, 4) is 0 Å². The highest BCUT2D eigenvalue weighted by Crippen LogP contribution is 2.16. The zero-order chi connectivity index (χ0) is 17.5. The Bertz CT molecular complexity index is 770.